The van der Waals surface area contributed by atoms with Crippen molar-refractivity contribution in [2.75, 3.05) is 27.3 Å². The molecule has 15 nitrogen and oxygen atoms in total. The third-order valence-electron chi connectivity index (χ3n) is 17.2. The van der Waals surface area contributed by atoms with Crippen molar-refractivity contribution in [2.24, 2.45) is 28.1 Å². The number of hydrogen-bond donors (Lipinski definition) is 4. The molecule has 4 unspecified atom stereocenters. The van der Waals surface area contributed by atoms with Gasteiger partial charge in [0.25, 0.3) is 5.56 Å². The van der Waals surface area contributed by atoms with Gasteiger partial charge in [-0.15, -0.1) is 0 Å². The van der Waals surface area contributed by atoms with E-state index in [0.717, 1.165) is 78.7 Å². The second-order valence-corrected chi connectivity index (χ2v) is 22.7. The Balaban J connectivity index is 0.864. The van der Waals surface area contributed by atoms with Gasteiger partial charge in [-0.2, -0.15) is 0 Å². The second kappa shape index (κ2) is 17.7. The van der Waals surface area contributed by atoms with E-state index in [0.29, 0.717) is 36.2 Å². The number of ether oxygens (including phenoxy) is 2. The summed E-state index contributed by atoms with van der Waals surface area (Å²) < 4.78 is 9.71. The number of rotatable bonds is 11. The number of hydrogen-bond acceptors (Lipinski definition) is 9. The van der Waals surface area contributed by atoms with E-state index in [4.69, 9.17) is 19.4 Å². The molecule has 15 heteroatoms. The van der Waals surface area contributed by atoms with Crippen LogP contribution < -0.4 is 16.2 Å². The minimum Gasteiger partial charge on any atom is -0.453 e. The summed E-state index contributed by atoms with van der Waals surface area (Å²) in [5, 5.41) is 6.02. The number of aromatic amines is 2. The highest BCUT2D eigenvalue weighted by Crippen LogP contribution is 2.60. The van der Waals surface area contributed by atoms with E-state index in [9.17, 15) is 24.0 Å². The average Bonchev–Trinajstić information content (AvgIpc) is 3.83. The Labute approximate surface area is 414 Å². The number of nitrogens with zero attached hydrogens (tertiary/aromatic N) is 4. The van der Waals surface area contributed by atoms with Crippen LogP contribution in [0.3, 0.4) is 0 Å². The number of alkyl carbamates (subject to hydrolysis) is 2. The summed E-state index contributed by atoms with van der Waals surface area (Å²) in [4.78, 5) is 87.1. The first-order chi connectivity index (χ1) is 34.1. The van der Waals surface area contributed by atoms with E-state index in [1.807, 2.05) is 55.8 Å². The van der Waals surface area contributed by atoms with Crippen molar-refractivity contribution >= 4 is 34.9 Å². The van der Waals surface area contributed by atoms with Crippen molar-refractivity contribution in [3.05, 3.63) is 93.9 Å². The largest absolute Gasteiger partial charge is 0.453 e. The summed E-state index contributed by atoms with van der Waals surface area (Å²) >= 11 is 0. The average molecular weight is 963 g/mol. The summed E-state index contributed by atoms with van der Waals surface area (Å²) in [6.45, 7) is 8.87. The highest BCUT2D eigenvalue weighted by Gasteiger charge is 2.56. The summed E-state index contributed by atoms with van der Waals surface area (Å²) in [7, 11) is 2.60. The van der Waals surface area contributed by atoms with Gasteiger partial charge in [0.1, 0.15) is 23.7 Å². The molecule has 2 saturated heterocycles. The Morgan fingerprint density at radius 2 is 1.15 bits per heavy atom. The maximum Gasteiger partial charge on any atom is 0.407 e. The van der Waals surface area contributed by atoms with Crippen LogP contribution in [0.2, 0.25) is 0 Å². The molecule has 0 bridgehead atoms. The van der Waals surface area contributed by atoms with E-state index in [-0.39, 0.29) is 51.5 Å². The fourth-order valence-corrected chi connectivity index (χ4v) is 12.8. The molecule has 3 saturated carbocycles. The molecule has 0 radical (unpaired) electrons. The normalized spacial score (nSPS) is 21.9. The Bertz CT molecular complexity index is 3000. The van der Waals surface area contributed by atoms with Crippen LogP contribution in [0.4, 0.5) is 9.59 Å². The number of methoxy groups -OCH3 is 2. The lowest BCUT2D eigenvalue weighted by atomic mass is 9.82. The van der Waals surface area contributed by atoms with Gasteiger partial charge in [-0.1, -0.05) is 83.0 Å². The van der Waals surface area contributed by atoms with Crippen molar-refractivity contribution in [2.45, 2.75) is 129 Å². The van der Waals surface area contributed by atoms with Crippen LogP contribution in [-0.4, -0.2) is 93.1 Å². The van der Waals surface area contributed by atoms with Crippen LogP contribution in [-0.2, 0) is 31.9 Å². The van der Waals surface area contributed by atoms with Crippen molar-refractivity contribution in [3.8, 4) is 33.5 Å². The Morgan fingerprint density at radius 3 is 1.68 bits per heavy atom. The van der Waals surface area contributed by atoms with Crippen molar-refractivity contribution in [1.82, 2.24) is 40.4 Å². The molecule has 4 aliphatic carbocycles. The molecule has 5 fully saturated rings. The lowest BCUT2D eigenvalue weighted by Gasteiger charge is -2.30. The Morgan fingerprint density at radius 1 is 0.648 bits per heavy atom. The molecular formula is C56H66N8O7. The van der Waals surface area contributed by atoms with Crippen LogP contribution in [0.5, 0.6) is 0 Å². The standard InChI is InChI=1S/C56H66N8O7/c1-31(2)45(60-52(68)70-5)50(66)63-29-55(19-20-55)26-43(63)47-57-28-42(59-47)34-11-9-33(10-12-34)36-14-15-37(40-25-54(24-39(36)40)17-7-8-18-54)35-13-16-41-38(23-35)49(65)62-48(58-41)44-27-56(21-22-56)30-64(44)51(67)46(32(3)4)61-53(69)71-6/h9-16,23,28,31-32,43-46H,7-8,17-22,24-27,29-30H2,1-6H3,(H,57,59)(H,60,68)(H,61,69)(H,58,62,65). The zero-order valence-corrected chi connectivity index (χ0v) is 41.8. The van der Waals surface area contributed by atoms with E-state index in [2.05, 4.69) is 63.1 Å². The minimum absolute atomic E-state index is 0.00658. The molecule has 2 aliphatic heterocycles. The first-order valence-corrected chi connectivity index (χ1v) is 25.8. The first-order valence-electron chi connectivity index (χ1n) is 25.8. The lowest BCUT2D eigenvalue weighted by molar-refractivity contribution is -0.136. The molecule has 5 aromatic rings. The predicted octanol–water partition coefficient (Wildman–Crippen LogP) is 9.17. The SMILES string of the molecule is COC(=O)NC(C(=O)N1CC2(CC2)CC1c1ncc(-c2ccc(-c3ccc(-c4ccc5nc(C6CC7(CC7)CN6C(=O)C(NC(=O)OC)C(C)C)[nH]c(=O)c5c4)c4c3CC3(CCCC3)C4)cc2)[nH]1)C(C)C. The van der Waals surface area contributed by atoms with Gasteiger partial charge in [0.15, 0.2) is 0 Å². The number of likely N-dealkylation sites (tertiary alicyclic amines) is 2. The molecule has 6 aliphatic rings. The fourth-order valence-electron chi connectivity index (χ4n) is 12.8. The third kappa shape index (κ3) is 8.56. The third-order valence-corrected chi connectivity index (χ3v) is 17.2. The number of H-pyrrole nitrogens is 2. The molecule has 3 aromatic carbocycles. The molecule has 3 spiro atoms. The quantitative estimate of drug-likeness (QED) is 0.1000. The number of amides is 4. The number of nitrogens with one attached hydrogen (secondary N) is 4. The van der Waals surface area contributed by atoms with Gasteiger partial charge < -0.3 is 39.9 Å². The van der Waals surface area contributed by atoms with Crippen LogP contribution in [0.1, 0.15) is 127 Å². The molecule has 71 heavy (non-hydrogen) atoms. The number of carbonyl (C=O) groups is 4. The Hall–Kier alpha value is -6.51. The molecule has 4 amide bonds. The van der Waals surface area contributed by atoms with Crippen molar-refractivity contribution in [3.63, 3.8) is 0 Å². The van der Waals surface area contributed by atoms with E-state index >= 15 is 0 Å². The molecule has 372 valence electrons. The number of benzene rings is 3. The molecule has 4 atom stereocenters. The highest BCUT2D eigenvalue weighted by atomic mass is 16.5. The van der Waals surface area contributed by atoms with Gasteiger partial charge in [0.05, 0.1) is 49.1 Å². The van der Waals surface area contributed by atoms with Crippen molar-refractivity contribution < 1.29 is 28.7 Å². The van der Waals surface area contributed by atoms with E-state index < -0.39 is 30.3 Å². The highest BCUT2D eigenvalue weighted by molar-refractivity contribution is 5.89. The van der Waals surface area contributed by atoms with Gasteiger partial charge in [-0.25, -0.2) is 19.6 Å². The van der Waals surface area contributed by atoms with E-state index in [1.165, 1.54) is 56.6 Å². The summed E-state index contributed by atoms with van der Waals surface area (Å²) in [5.74, 6) is 0.645. The number of imidazole rings is 1. The number of aromatic nitrogens is 4. The summed E-state index contributed by atoms with van der Waals surface area (Å²) in [6.07, 6.45) is 13.2. The Kier molecular flexibility index (Phi) is 11.7. The lowest BCUT2D eigenvalue weighted by Crippen LogP contribution is -2.51. The number of fused-ring (bicyclic) bond motifs is 2. The van der Waals surface area contributed by atoms with E-state index in [1.54, 1.807) is 0 Å². The van der Waals surface area contributed by atoms with Crippen LogP contribution in [0, 0.1) is 28.1 Å². The van der Waals surface area contributed by atoms with Crippen molar-refractivity contribution in [1.29, 1.82) is 0 Å². The molecule has 4 N–H and O–H groups in total. The van der Waals surface area contributed by atoms with Crippen LogP contribution in [0.25, 0.3) is 44.4 Å². The maximum absolute atomic E-state index is 14.1. The zero-order valence-electron chi connectivity index (χ0n) is 41.8. The molecular weight excluding hydrogens is 897 g/mol. The molecule has 4 heterocycles. The van der Waals surface area contributed by atoms with Crippen LogP contribution in [0.15, 0.2) is 65.6 Å². The summed E-state index contributed by atoms with van der Waals surface area (Å²) in [6, 6.07) is 17.1. The van der Waals surface area contributed by atoms with Gasteiger partial charge >= 0.3 is 12.2 Å². The van der Waals surface area contributed by atoms with Gasteiger partial charge in [0, 0.05) is 13.1 Å². The number of carbonyl (C=O) groups excluding carboxylic acids is 4. The topological polar surface area (TPSA) is 192 Å². The van der Waals surface area contributed by atoms with Gasteiger partial charge in [-0.05, 0) is 143 Å². The maximum atomic E-state index is 14.1. The van der Waals surface area contributed by atoms with Gasteiger partial charge in [-0.3, -0.25) is 14.4 Å². The summed E-state index contributed by atoms with van der Waals surface area (Å²) in [5.41, 5.74) is 9.83. The minimum atomic E-state index is -0.770. The molecule has 11 rings (SSSR count). The smallest absolute Gasteiger partial charge is 0.407 e. The monoisotopic (exact) mass is 963 g/mol. The second-order valence-electron chi connectivity index (χ2n) is 22.7. The predicted molar refractivity (Wildman–Crippen MR) is 269 cm³/mol. The van der Waals surface area contributed by atoms with Gasteiger partial charge in [0.2, 0.25) is 11.8 Å². The fraction of sp³-hybridized carbons (Fsp3) is 0.518. The molecule has 2 aromatic heterocycles. The first kappa shape index (κ1) is 46.8. The van der Waals surface area contributed by atoms with Crippen LogP contribution >= 0.6 is 0 Å². The zero-order chi connectivity index (χ0) is 49.6.